The van der Waals surface area contributed by atoms with Crippen LogP contribution in [0.5, 0.6) is 5.75 Å². The lowest BCUT2D eigenvalue weighted by Gasteiger charge is -2.24. The van der Waals surface area contributed by atoms with Crippen molar-refractivity contribution in [2.75, 3.05) is 7.11 Å². The van der Waals surface area contributed by atoms with Gasteiger partial charge in [-0.05, 0) is 43.5 Å². The summed E-state index contributed by atoms with van der Waals surface area (Å²) in [7, 11) is 1.68. The molecule has 0 saturated heterocycles. The van der Waals surface area contributed by atoms with Crippen LogP contribution < -0.4 is 10.5 Å². The molecule has 2 atom stereocenters. The lowest BCUT2D eigenvalue weighted by molar-refractivity contribution is 0.408. The number of aromatic nitrogens is 2. The normalized spacial score (nSPS) is 14.0. The summed E-state index contributed by atoms with van der Waals surface area (Å²) in [6, 6.07) is 10.2. The predicted molar refractivity (Wildman–Crippen MR) is 85.8 cm³/mol. The van der Waals surface area contributed by atoms with Crippen molar-refractivity contribution in [3.8, 4) is 5.75 Å². The number of hydrogen-bond donors (Lipinski definition) is 1. The van der Waals surface area contributed by atoms with Gasteiger partial charge < -0.3 is 10.5 Å². The van der Waals surface area contributed by atoms with Gasteiger partial charge >= 0.3 is 0 Å². The van der Waals surface area contributed by atoms with E-state index >= 15 is 0 Å². The van der Waals surface area contributed by atoms with Gasteiger partial charge in [-0.3, -0.25) is 4.68 Å². The van der Waals surface area contributed by atoms with Crippen LogP contribution in [0.4, 0.5) is 0 Å². The summed E-state index contributed by atoms with van der Waals surface area (Å²) in [5, 5.41) is 4.75. The van der Waals surface area contributed by atoms with E-state index in [2.05, 4.69) is 30.7 Å². The summed E-state index contributed by atoms with van der Waals surface area (Å²) in [6.07, 6.45) is 1.88. The second-order valence-corrected chi connectivity index (χ2v) is 5.36. The number of hydrogen-bond acceptors (Lipinski definition) is 3. The average Bonchev–Trinajstić information content (AvgIpc) is 2.90. The van der Waals surface area contributed by atoms with Crippen molar-refractivity contribution in [2.24, 2.45) is 5.73 Å². The Morgan fingerprint density at radius 3 is 2.57 bits per heavy atom. The molecule has 2 rings (SSSR count). The average molecular weight is 287 g/mol. The summed E-state index contributed by atoms with van der Waals surface area (Å²) >= 11 is 0. The largest absolute Gasteiger partial charge is 0.497 e. The molecule has 1 aromatic heterocycles. The first-order chi connectivity index (χ1) is 10.1. The van der Waals surface area contributed by atoms with Gasteiger partial charge in [0.15, 0.2) is 0 Å². The molecule has 21 heavy (non-hydrogen) atoms. The number of nitrogens with zero attached hydrogens (tertiary/aromatic N) is 2. The Morgan fingerprint density at radius 1 is 1.24 bits per heavy atom. The molecule has 1 aromatic carbocycles. The lowest BCUT2D eigenvalue weighted by atomic mass is 10.0. The highest BCUT2D eigenvalue weighted by atomic mass is 16.5. The maximum atomic E-state index is 6.26. The number of methoxy groups -OCH3 is 1. The van der Waals surface area contributed by atoms with E-state index in [-0.39, 0.29) is 12.1 Å². The topological polar surface area (TPSA) is 53.1 Å². The first-order valence-corrected chi connectivity index (χ1v) is 7.57. The van der Waals surface area contributed by atoms with E-state index in [1.807, 2.05) is 25.1 Å². The van der Waals surface area contributed by atoms with Crippen molar-refractivity contribution in [3.05, 3.63) is 47.3 Å². The fraction of sp³-hybridized carbons (Fsp3) is 0.471. The van der Waals surface area contributed by atoms with E-state index in [9.17, 15) is 0 Å². The third kappa shape index (κ3) is 3.27. The van der Waals surface area contributed by atoms with Crippen molar-refractivity contribution in [1.29, 1.82) is 0 Å². The maximum Gasteiger partial charge on any atom is 0.119 e. The second kappa shape index (κ2) is 6.76. The Balaban J connectivity index is 2.50. The molecule has 114 valence electrons. The Kier molecular flexibility index (Phi) is 5.02. The van der Waals surface area contributed by atoms with Crippen molar-refractivity contribution < 1.29 is 4.74 Å². The Labute approximate surface area is 126 Å². The molecule has 0 radical (unpaired) electrons. The molecular weight excluding hydrogens is 262 g/mol. The summed E-state index contributed by atoms with van der Waals surface area (Å²) in [4.78, 5) is 0. The monoisotopic (exact) mass is 287 g/mol. The van der Waals surface area contributed by atoms with Crippen LogP contribution in [0.2, 0.25) is 0 Å². The summed E-state index contributed by atoms with van der Waals surface area (Å²) in [5.74, 6) is 0.846. The van der Waals surface area contributed by atoms with Gasteiger partial charge in [-0.25, -0.2) is 0 Å². The minimum absolute atomic E-state index is 0.0235. The van der Waals surface area contributed by atoms with Gasteiger partial charge in [0.25, 0.3) is 0 Å². The fourth-order valence-electron chi connectivity index (χ4n) is 2.66. The minimum atomic E-state index is -0.0352. The third-order valence-electron chi connectivity index (χ3n) is 3.78. The van der Waals surface area contributed by atoms with Gasteiger partial charge in [0.05, 0.1) is 18.8 Å². The number of benzene rings is 1. The standard InChI is InChI=1S/C17H25N3O/c1-5-14-11-15(6-2)20(19-14)17(12(3)18)13-8-7-9-16(10-13)21-4/h7-12,17H,5-6,18H2,1-4H3. The maximum absolute atomic E-state index is 6.26. The van der Waals surface area contributed by atoms with Gasteiger partial charge in [-0.2, -0.15) is 5.10 Å². The molecule has 0 fully saturated rings. The molecule has 0 aliphatic rings. The van der Waals surface area contributed by atoms with Crippen LogP contribution in [-0.2, 0) is 12.8 Å². The Morgan fingerprint density at radius 2 is 2.00 bits per heavy atom. The van der Waals surface area contributed by atoms with Crippen LogP contribution in [0.25, 0.3) is 0 Å². The van der Waals surface area contributed by atoms with Gasteiger partial charge in [-0.15, -0.1) is 0 Å². The van der Waals surface area contributed by atoms with E-state index in [0.29, 0.717) is 0 Å². The molecule has 0 aliphatic carbocycles. The summed E-state index contributed by atoms with van der Waals surface area (Å²) < 4.78 is 7.41. The molecular formula is C17H25N3O. The van der Waals surface area contributed by atoms with Crippen LogP contribution in [0.1, 0.15) is 43.8 Å². The van der Waals surface area contributed by atoms with Gasteiger partial charge in [-0.1, -0.05) is 26.0 Å². The van der Waals surface area contributed by atoms with Crippen molar-refractivity contribution in [1.82, 2.24) is 9.78 Å². The first-order valence-electron chi connectivity index (χ1n) is 7.57. The quantitative estimate of drug-likeness (QED) is 0.888. The molecule has 0 amide bonds. The highest BCUT2D eigenvalue weighted by molar-refractivity contribution is 5.32. The molecule has 0 aliphatic heterocycles. The van der Waals surface area contributed by atoms with Crippen LogP contribution in [-0.4, -0.2) is 22.9 Å². The second-order valence-electron chi connectivity index (χ2n) is 5.36. The van der Waals surface area contributed by atoms with Crippen LogP contribution in [0.15, 0.2) is 30.3 Å². The van der Waals surface area contributed by atoms with Crippen molar-refractivity contribution in [2.45, 2.75) is 45.7 Å². The summed E-state index contributed by atoms with van der Waals surface area (Å²) in [5.41, 5.74) is 9.73. The van der Waals surface area contributed by atoms with Crippen LogP contribution >= 0.6 is 0 Å². The van der Waals surface area contributed by atoms with E-state index in [1.165, 1.54) is 5.69 Å². The van der Waals surface area contributed by atoms with E-state index in [1.54, 1.807) is 7.11 Å². The SMILES string of the molecule is CCc1cc(CC)n(C(c2cccc(OC)c2)C(C)N)n1. The molecule has 2 N–H and O–H groups in total. The van der Waals surface area contributed by atoms with Gasteiger partial charge in [0, 0.05) is 11.7 Å². The van der Waals surface area contributed by atoms with E-state index in [0.717, 1.165) is 29.8 Å². The molecule has 1 heterocycles. The minimum Gasteiger partial charge on any atom is -0.497 e. The number of nitrogens with two attached hydrogens (primary N) is 1. The van der Waals surface area contributed by atoms with E-state index < -0.39 is 0 Å². The summed E-state index contributed by atoms with van der Waals surface area (Å²) in [6.45, 7) is 6.30. The number of ether oxygens (including phenoxy) is 1. The molecule has 2 aromatic rings. The Bertz CT molecular complexity index is 589. The zero-order chi connectivity index (χ0) is 15.4. The van der Waals surface area contributed by atoms with Crippen LogP contribution in [0.3, 0.4) is 0 Å². The number of aryl methyl sites for hydroxylation is 2. The van der Waals surface area contributed by atoms with Crippen molar-refractivity contribution in [3.63, 3.8) is 0 Å². The smallest absolute Gasteiger partial charge is 0.119 e. The fourth-order valence-corrected chi connectivity index (χ4v) is 2.66. The zero-order valence-corrected chi connectivity index (χ0v) is 13.3. The van der Waals surface area contributed by atoms with Gasteiger partial charge in [0.2, 0.25) is 0 Å². The number of rotatable bonds is 6. The third-order valence-corrected chi connectivity index (χ3v) is 3.78. The Hall–Kier alpha value is -1.81. The highest BCUT2D eigenvalue weighted by Crippen LogP contribution is 2.26. The van der Waals surface area contributed by atoms with Gasteiger partial charge in [0.1, 0.15) is 5.75 Å². The van der Waals surface area contributed by atoms with Crippen molar-refractivity contribution >= 4 is 0 Å². The molecule has 4 heteroatoms. The molecule has 2 unspecified atom stereocenters. The molecule has 4 nitrogen and oxygen atoms in total. The van der Waals surface area contributed by atoms with E-state index in [4.69, 9.17) is 15.6 Å². The molecule has 0 spiro atoms. The predicted octanol–water partition coefficient (Wildman–Crippen LogP) is 2.95. The molecule has 0 bridgehead atoms. The first kappa shape index (κ1) is 15.6. The lowest BCUT2D eigenvalue weighted by Crippen LogP contribution is -2.32. The molecule has 0 saturated carbocycles. The zero-order valence-electron chi connectivity index (χ0n) is 13.3. The van der Waals surface area contributed by atoms with Crippen LogP contribution in [0, 0.1) is 0 Å². The highest BCUT2D eigenvalue weighted by Gasteiger charge is 2.22.